The van der Waals surface area contributed by atoms with Crippen molar-refractivity contribution in [1.82, 2.24) is 0 Å². The van der Waals surface area contributed by atoms with Crippen LogP contribution >= 0.6 is 22.7 Å². The summed E-state index contributed by atoms with van der Waals surface area (Å²) in [5.74, 6) is 0. The van der Waals surface area contributed by atoms with Gasteiger partial charge in [0.25, 0.3) is 0 Å². The van der Waals surface area contributed by atoms with E-state index >= 15 is 0 Å². The number of anilines is 6. The number of rotatable bonds is 9. The van der Waals surface area contributed by atoms with Crippen molar-refractivity contribution in [3.05, 3.63) is 194 Å². The molecule has 0 spiro atoms. The monoisotopic (exact) mass is 702 g/mol. The normalized spacial score (nSPS) is 11.2. The van der Waals surface area contributed by atoms with Gasteiger partial charge in [-0.2, -0.15) is 0 Å². The van der Waals surface area contributed by atoms with Gasteiger partial charge in [0.2, 0.25) is 0 Å². The molecule has 9 rings (SSSR count). The Hall–Kier alpha value is -6.20. The van der Waals surface area contributed by atoms with Crippen LogP contribution in [-0.2, 0) is 0 Å². The average molecular weight is 703 g/mol. The fraction of sp³-hybridized carbons (Fsp3) is 0. The molecule has 0 fully saturated rings. The van der Waals surface area contributed by atoms with E-state index in [9.17, 15) is 0 Å². The van der Waals surface area contributed by atoms with Crippen LogP contribution in [-0.4, -0.2) is 0 Å². The van der Waals surface area contributed by atoms with Crippen molar-refractivity contribution in [2.75, 3.05) is 9.80 Å². The molecule has 0 saturated carbocycles. The predicted molar refractivity (Wildman–Crippen MR) is 230 cm³/mol. The van der Waals surface area contributed by atoms with Gasteiger partial charge in [0.05, 0.1) is 5.69 Å². The van der Waals surface area contributed by atoms with Crippen LogP contribution < -0.4 is 9.80 Å². The summed E-state index contributed by atoms with van der Waals surface area (Å²) in [6, 6.07) is 61.3. The molecule has 52 heavy (non-hydrogen) atoms. The topological polar surface area (TPSA) is 6.48 Å². The van der Waals surface area contributed by atoms with E-state index in [-0.39, 0.29) is 0 Å². The van der Waals surface area contributed by atoms with E-state index in [1.165, 1.54) is 52.1 Å². The van der Waals surface area contributed by atoms with E-state index in [2.05, 4.69) is 193 Å². The average Bonchev–Trinajstić information content (AvgIpc) is 3.81. The number of nitrogens with zero attached hydrogens (tertiary/aromatic N) is 2. The summed E-state index contributed by atoms with van der Waals surface area (Å²) in [6.07, 6.45) is 3.78. The number of hydrogen-bond acceptors (Lipinski definition) is 4. The molecular weight excluding hydrogens is 669 g/mol. The fourth-order valence-electron chi connectivity index (χ4n) is 6.91. The quantitative estimate of drug-likeness (QED) is 0.148. The van der Waals surface area contributed by atoms with Crippen LogP contribution in [0, 0.1) is 0 Å². The Kier molecular flexibility index (Phi) is 8.24. The molecule has 2 aromatic heterocycles. The second-order valence-corrected chi connectivity index (χ2v) is 14.9. The largest absolute Gasteiger partial charge is 0.302 e. The van der Waals surface area contributed by atoms with Crippen molar-refractivity contribution in [2.45, 2.75) is 0 Å². The van der Waals surface area contributed by atoms with Gasteiger partial charge < -0.3 is 9.80 Å². The first-order valence-corrected chi connectivity index (χ1v) is 18.9. The number of fused-ring (bicyclic) bond motifs is 3. The van der Waals surface area contributed by atoms with Crippen molar-refractivity contribution < 1.29 is 0 Å². The van der Waals surface area contributed by atoms with Crippen LogP contribution in [0.3, 0.4) is 0 Å². The maximum absolute atomic E-state index is 3.97. The third-order valence-electron chi connectivity index (χ3n) is 9.58. The molecule has 4 heteroatoms. The molecule has 248 valence electrons. The molecule has 0 aliphatic heterocycles. The molecule has 0 bridgehead atoms. The Labute approximate surface area is 312 Å². The van der Waals surface area contributed by atoms with Gasteiger partial charge in [-0.3, -0.25) is 0 Å². The van der Waals surface area contributed by atoms with E-state index in [4.69, 9.17) is 0 Å². The summed E-state index contributed by atoms with van der Waals surface area (Å²) in [7, 11) is 0. The summed E-state index contributed by atoms with van der Waals surface area (Å²) in [6.45, 7) is 7.93. The maximum atomic E-state index is 3.97. The maximum Gasteiger partial charge on any atom is 0.101 e. The van der Waals surface area contributed by atoms with E-state index in [1.807, 2.05) is 34.8 Å². The van der Waals surface area contributed by atoms with E-state index in [1.54, 1.807) is 0 Å². The molecule has 2 heterocycles. The van der Waals surface area contributed by atoms with Gasteiger partial charge in [-0.05, 0) is 105 Å². The summed E-state index contributed by atoms with van der Waals surface area (Å²) in [5.41, 5.74) is 9.14. The molecule has 9 aromatic rings. The van der Waals surface area contributed by atoms with Crippen molar-refractivity contribution >= 4 is 98.5 Å². The lowest BCUT2D eigenvalue weighted by atomic mass is 10.1. The zero-order valence-electron chi connectivity index (χ0n) is 28.4. The van der Waals surface area contributed by atoms with Gasteiger partial charge in [0, 0.05) is 31.8 Å². The highest BCUT2D eigenvalue weighted by Gasteiger charge is 2.20. The number of thiophene rings is 2. The molecule has 7 aromatic carbocycles. The highest BCUT2D eigenvalue weighted by atomic mass is 32.1. The van der Waals surface area contributed by atoms with Crippen LogP contribution in [0.2, 0.25) is 0 Å². The second kappa shape index (κ2) is 13.5. The molecule has 0 aliphatic carbocycles. The Balaban J connectivity index is 1.14. The van der Waals surface area contributed by atoms with Gasteiger partial charge in [0.15, 0.2) is 0 Å². The number of hydrogen-bond donors (Lipinski definition) is 0. The Morgan fingerprint density at radius 1 is 0.404 bits per heavy atom. The molecule has 0 saturated heterocycles. The van der Waals surface area contributed by atoms with Gasteiger partial charge in [0.1, 0.15) is 10.0 Å². The fourth-order valence-corrected chi connectivity index (χ4v) is 9.17. The van der Waals surface area contributed by atoms with Crippen LogP contribution in [0.15, 0.2) is 183 Å². The third-order valence-corrected chi connectivity index (χ3v) is 11.8. The van der Waals surface area contributed by atoms with Gasteiger partial charge in [-0.1, -0.05) is 128 Å². The first-order valence-electron chi connectivity index (χ1n) is 17.3. The Bertz CT molecular complexity index is 2650. The first kappa shape index (κ1) is 31.8. The summed E-state index contributed by atoms with van der Waals surface area (Å²) in [4.78, 5) is 4.76. The van der Waals surface area contributed by atoms with Gasteiger partial charge >= 0.3 is 0 Å². The van der Waals surface area contributed by atoms with Crippen molar-refractivity contribution in [2.24, 2.45) is 0 Å². The highest BCUT2D eigenvalue weighted by Crippen LogP contribution is 2.47. The molecule has 0 aliphatic rings. The summed E-state index contributed by atoms with van der Waals surface area (Å²) >= 11 is 3.65. The van der Waals surface area contributed by atoms with E-state index in [0.717, 1.165) is 33.9 Å². The van der Waals surface area contributed by atoms with Crippen molar-refractivity contribution in [3.63, 3.8) is 0 Å². The zero-order chi connectivity index (χ0) is 35.0. The van der Waals surface area contributed by atoms with Gasteiger partial charge in [-0.15, -0.1) is 22.7 Å². The van der Waals surface area contributed by atoms with Crippen LogP contribution in [0.4, 0.5) is 32.8 Å². The minimum Gasteiger partial charge on any atom is -0.302 e. The van der Waals surface area contributed by atoms with Crippen LogP contribution in [0.25, 0.3) is 54.2 Å². The van der Waals surface area contributed by atoms with E-state index in [0.29, 0.717) is 0 Å². The molecular formula is C48H34N2S2. The third kappa shape index (κ3) is 5.88. The van der Waals surface area contributed by atoms with Gasteiger partial charge in [-0.25, -0.2) is 0 Å². The van der Waals surface area contributed by atoms with Crippen molar-refractivity contribution in [3.8, 4) is 11.1 Å². The number of benzene rings is 7. The van der Waals surface area contributed by atoms with E-state index < -0.39 is 0 Å². The lowest BCUT2D eigenvalue weighted by Gasteiger charge is -2.25. The Morgan fingerprint density at radius 2 is 0.885 bits per heavy atom. The summed E-state index contributed by atoms with van der Waals surface area (Å²) < 4.78 is 2.52. The SMILES string of the molecule is C=Cc1ccc(N(c2ccc(-c3ccccc3)cc2)c2cc3cc4sc(N(c5ccc(C=C)cc5)c5cccc6ccccc56)cc4cc3s2)cc1. The minimum atomic E-state index is 1.10. The molecule has 2 nitrogen and oxygen atoms in total. The molecule has 0 amide bonds. The van der Waals surface area contributed by atoms with Crippen molar-refractivity contribution in [1.29, 1.82) is 0 Å². The smallest absolute Gasteiger partial charge is 0.101 e. The summed E-state index contributed by atoms with van der Waals surface area (Å²) in [5, 5.41) is 7.27. The lowest BCUT2D eigenvalue weighted by Crippen LogP contribution is -2.08. The van der Waals surface area contributed by atoms with Crippen LogP contribution in [0.5, 0.6) is 0 Å². The van der Waals surface area contributed by atoms with Crippen LogP contribution in [0.1, 0.15) is 11.1 Å². The Morgan fingerprint density at radius 3 is 1.48 bits per heavy atom. The molecule has 0 unspecified atom stereocenters. The predicted octanol–water partition coefficient (Wildman–Crippen LogP) is 15.2. The zero-order valence-corrected chi connectivity index (χ0v) is 30.1. The molecule has 0 radical (unpaired) electrons. The first-order chi connectivity index (χ1) is 25.6. The minimum absolute atomic E-state index is 1.10. The second-order valence-electron chi connectivity index (χ2n) is 12.8. The standard InChI is InChI=1S/C48H34N2S2/c1-3-33-17-23-40(24-18-33)49(41-27-21-36(22-28-41)35-11-6-5-7-12-35)47-31-38-29-46-39(30-45(38)51-47)32-48(52-46)50(42-25-19-34(4-2)20-26-42)44-16-10-14-37-13-8-9-15-43(37)44/h3-32H,1-2H2. The molecule has 0 atom stereocenters. The highest BCUT2D eigenvalue weighted by molar-refractivity contribution is 7.24. The molecule has 0 N–H and O–H groups in total. The lowest BCUT2D eigenvalue weighted by molar-refractivity contribution is 1.32.